The lowest BCUT2D eigenvalue weighted by molar-refractivity contribution is -0.136. The van der Waals surface area contributed by atoms with Crippen LogP contribution in [-0.2, 0) is 4.79 Å². The maximum absolute atomic E-state index is 12.7. The third kappa shape index (κ3) is 1.96. The molecule has 2 fully saturated rings. The Morgan fingerprint density at radius 1 is 1.32 bits per heavy atom. The first-order chi connectivity index (χ1) is 9.15. The zero-order chi connectivity index (χ0) is 13.5. The normalized spacial score (nSPS) is 31.6. The molecule has 2 unspecified atom stereocenters. The molecule has 3 nitrogen and oxygen atoms in total. The van der Waals surface area contributed by atoms with Crippen LogP contribution in [0, 0.1) is 0 Å². The van der Waals surface area contributed by atoms with Crippen LogP contribution < -0.4 is 5.32 Å². The van der Waals surface area contributed by atoms with Crippen LogP contribution in [0.2, 0.25) is 0 Å². The van der Waals surface area contributed by atoms with Gasteiger partial charge in [0, 0.05) is 6.04 Å². The van der Waals surface area contributed by atoms with Crippen molar-refractivity contribution in [1.29, 1.82) is 0 Å². The first kappa shape index (κ1) is 12.7. The summed E-state index contributed by atoms with van der Waals surface area (Å²) in [6, 6.07) is 10.8. The Balaban J connectivity index is 1.95. The summed E-state index contributed by atoms with van der Waals surface area (Å²) in [6.45, 7) is 4.11. The molecule has 1 heterocycles. The fourth-order valence-electron chi connectivity index (χ4n) is 3.01. The molecule has 102 valence electrons. The number of benzene rings is 1. The highest BCUT2D eigenvalue weighted by Crippen LogP contribution is 2.39. The second kappa shape index (κ2) is 4.64. The summed E-state index contributed by atoms with van der Waals surface area (Å²) < 4.78 is 0. The van der Waals surface area contributed by atoms with Gasteiger partial charge < -0.3 is 4.90 Å². The van der Waals surface area contributed by atoms with E-state index in [-0.39, 0.29) is 12.1 Å². The largest absolute Gasteiger partial charge is 0.318 e. The molecule has 1 aromatic rings. The maximum atomic E-state index is 12.7. The third-order valence-corrected chi connectivity index (χ3v) is 4.73. The van der Waals surface area contributed by atoms with Crippen molar-refractivity contribution in [2.24, 2.45) is 0 Å². The van der Waals surface area contributed by atoms with Crippen LogP contribution in [-0.4, -0.2) is 22.4 Å². The van der Waals surface area contributed by atoms with Gasteiger partial charge in [-0.3, -0.25) is 10.1 Å². The van der Waals surface area contributed by atoms with E-state index in [0.717, 1.165) is 19.3 Å². The van der Waals surface area contributed by atoms with Gasteiger partial charge in [0.15, 0.2) is 0 Å². The van der Waals surface area contributed by atoms with Crippen LogP contribution in [0.1, 0.15) is 51.3 Å². The smallest absolute Gasteiger partial charge is 0.244 e. The van der Waals surface area contributed by atoms with Crippen LogP contribution >= 0.6 is 0 Å². The van der Waals surface area contributed by atoms with E-state index in [2.05, 4.69) is 29.3 Å². The van der Waals surface area contributed by atoms with Gasteiger partial charge in [-0.1, -0.05) is 37.3 Å². The van der Waals surface area contributed by atoms with Crippen molar-refractivity contribution in [3.05, 3.63) is 35.9 Å². The maximum Gasteiger partial charge on any atom is 0.244 e. The molecule has 1 saturated heterocycles. The van der Waals surface area contributed by atoms with Gasteiger partial charge in [0.25, 0.3) is 0 Å². The SMILES string of the molecule is CCC1(C)NC(c2ccccc2)N(C2CCC2)C1=O. The Bertz CT molecular complexity index is 469. The second-order valence-electron chi connectivity index (χ2n) is 5.94. The van der Waals surface area contributed by atoms with Crippen LogP contribution in [0.15, 0.2) is 30.3 Å². The van der Waals surface area contributed by atoms with E-state index in [9.17, 15) is 4.79 Å². The third-order valence-electron chi connectivity index (χ3n) is 4.73. The predicted octanol–water partition coefficient (Wildman–Crippen LogP) is 2.84. The summed E-state index contributed by atoms with van der Waals surface area (Å²) in [7, 11) is 0. The summed E-state index contributed by atoms with van der Waals surface area (Å²) >= 11 is 0. The van der Waals surface area contributed by atoms with Gasteiger partial charge in [-0.05, 0) is 38.2 Å². The zero-order valence-corrected chi connectivity index (χ0v) is 11.7. The quantitative estimate of drug-likeness (QED) is 0.904. The molecule has 1 aromatic carbocycles. The molecule has 1 aliphatic carbocycles. The highest BCUT2D eigenvalue weighted by atomic mass is 16.2. The molecular formula is C16H22N2O. The van der Waals surface area contributed by atoms with Crippen LogP contribution in [0.4, 0.5) is 0 Å². The molecule has 0 spiro atoms. The monoisotopic (exact) mass is 258 g/mol. The Morgan fingerprint density at radius 2 is 2.00 bits per heavy atom. The van der Waals surface area contributed by atoms with Crippen molar-refractivity contribution in [3.63, 3.8) is 0 Å². The molecule has 1 N–H and O–H groups in total. The molecule has 2 aliphatic rings. The average molecular weight is 258 g/mol. The topological polar surface area (TPSA) is 32.3 Å². The number of hydrogen-bond donors (Lipinski definition) is 1. The molecule has 19 heavy (non-hydrogen) atoms. The van der Waals surface area contributed by atoms with E-state index in [4.69, 9.17) is 0 Å². The summed E-state index contributed by atoms with van der Waals surface area (Å²) in [5.41, 5.74) is 0.788. The molecule has 1 aliphatic heterocycles. The molecule has 1 amide bonds. The van der Waals surface area contributed by atoms with E-state index in [1.54, 1.807) is 0 Å². The number of carbonyl (C=O) groups is 1. The lowest BCUT2D eigenvalue weighted by atomic mass is 9.89. The molecule has 0 bridgehead atoms. The molecule has 2 atom stereocenters. The highest BCUT2D eigenvalue weighted by Gasteiger charge is 2.50. The minimum absolute atomic E-state index is 0.0453. The Morgan fingerprint density at radius 3 is 2.53 bits per heavy atom. The van der Waals surface area contributed by atoms with E-state index < -0.39 is 5.54 Å². The first-order valence-electron chi connectivity index (χ1n) is 7.31. The number of nitrogens with zero attached hydrogens (tertiary/aromatic N) is 1. The number of carbonyl (C=O) groups excluding carboxylic acids is 1. The first-order valence-corrected chi connectivity index (χ1v) is 7.31. The molecule has 0 aromatic heterocycles. The Kier molecular flexibility index (Phi) is 3.09. The summed E-state index contributed by atoms with van der Waals surface area (Å²) in [4.78, 5) is 14.8. The summed E-state index contributed by atoms with van der Waals surface area (Å²) in [6.07, 6.45) is 4.42. The molecular weight excluding hydrogens is 236 g/mol. The summed E-state index contributed by atoms with van der Waals surface area (Å²) in [5, 5.41) is 3.56. The predicted molar refractivity (Wildman–Crippen MR) is 75.5 cm³/mol. The molecule has 3 rings (SSSR count). The molecule has 0 radical (unpaired) electrons. The number of nitrogens with one attached hydrogen (secondary N) is 1. The van der Waals surface area contributed by atoms with Crippen molar-refractivity contribution in [2.45, 2.75) is 57.3 Å². The van der Waals surface area contributed by atoms with Crippen molar-refractivity contribution in [3.8, 4) is 0 Å². The van der Waals surface area contributed by atoms with Crippen molar-refractivity contribution >= 4 is 5.91 Å². The number of rotatable bonds is 3. The van der Waals surface area contributed by atoms with Gasteiger partial charge in [0.05, 0.1) is 5.54 Å². The fourth-order valence-corrected chi connectivity index (χ4v) is 3.01. The van der Waals surface area contributed by atoms with Crippen molar-refractivity contribution < 1.29 is 4.79 Å². The number of hydrogen-bond acceptors (Lipinski definition) is 2. The lowest BCUT2D eigenvalue weighted by Gasteiger charge is -2.38. The minimum atomic E-state index is -0.407. The zero-order valence-electron chi connectivity index (χ0n) is 11.7. The summed E-state index contributed by atoms with van der Waals surface area (Å²) in [5.74, 6) is 0.272. The Labute approximate surface area is 115 Å². The van der Waals surface area contributed by atoms with Gasteiger partial charge >= 0.3 is 0 Å². The average Bonchev–Trinajstić information content (AvgIpc) is 2.64. The lowest BCUT2D eigenvalue weighted by Crippen LogP contribution is -2.46. The van der Waals surface area contributed by atoms with Gasteiger partial charge in [-0.25, -0.2) is 0 Å². The van der Waals surface area contributed by atoms with Crippen LogP contribution in [0.25, 0.3) is 0 Å². The van der Waals surface area contributed by atoms with Gasteiger partial charge in [0.1, 0.15) is 6.17 Å². The van der Waals surface area contributed by atoms with Crippen LogP contribution in [0.3, 0.4) is 0 Å². The molecule has 1 saturated carbocycles. The molecule has 3 heteroatoms. The van der Waals surface area contributed by atoms with Crippen molar-refractivity contribution in [2.75, 3.05) is 0 Å². The fraction of sp³-hybridized carbons (Fsp3) is 0.562. The van der Waals surface area contributed by atoms with Crippen LogP contribution in [0.5, 0.6) is 0 Å². The minimum Gasteiger partial charge on any atom is -0.318 e. The van der Waals surface area contributed by atoms with E-state index in [1.165, 1.54) is 12.0 Å². The van der Waals surface area contributed by atoms with Gasteiger partial charge in [-0.2, -0.15) is 0 Å². The van der Waals surface area contributed by atoms with Gasteiger partial charge in [-0.15, -0.1) is 0 Å². The van der Waals surface area contributed by atoms with Gasteiger partial charge in [0.2, 0.25) is 5.91 Å². The van der Waals surface area contributed by atoms with E-state index in [1.807, 2.05) is 25.1 Å². The second-order valence-corrected chi connectivity index (χ2v) is 5.94. The highest BCUT2D eigenvalue weighted by molar-refractivity contribution is 5.89. The van der Waals surface area contributed by atoms with E-state index >= 15 is 0 Å². The standard InChI is InChI=1S/C16H22N2O/c1-3-16(2)15(19)18(13-10-7-11-13)14(17-16)12-8-5-4-6-9-12/h4-6,8-9,13-14,17H,3,7,10-11H2,1-2H3. The van der Waals surface area contributed by atoms with E-state index in [0.29, 0.717) is 6.04 Å². The van der Waals surface area contributed by atoms with Crippen molar-refractivity contribution in [1.82, 2.24) is 10.2 Å². The number of amides is 1. The Hall–Kier alpha value is -1.35.